The van der Waals surface area contributed by atoms with Gasteiger partial charge in [-0.1, -0.05) is 0 Å². The van der Waals surface area contributed by atoms with Crippen LogP contribution in [0.3, 0.4) is 0 Å². The second-order valence-electron chi connectivity index (χ2n) is 3.02. The van der Waals surface area contributed by atoms with Crippen LogP contribution in [-0.2, 0) is 9.59 Å². The molecule has 5 heteroatoms. The predicted octanol–water partition coefficient (Wildman–Crippen LogP) is -1.94. The number of rotatable bonds is 0. The number of nitrogens with one attached hydrogen (secondary N) is 1. The molecule has 0 aromatic rings. The highest BCUT2D eigenvalue weighted by molar-refractivity contribution is 6.05. The van der Waals surface area contributed by atoms with E-state index in [1.807, 2.05) is 0 Å². The maximum absolute atomic E-state index is 11.0. The maximum atomic E-state index is 11.0. The molecule has 0 aliphatic carbocycles. The average molecular weight is 155 g/mol. The number of hydrogen-bond acceptors (Lipinski definition) is 4. The number of carbonyl (C=O) groups is 2. The molecule has 2 atom stereocenters. The van der Waals surface area contributed by atoms with E-state index in [2.05, 4.69) is 5.32 Å². The van der Waals surface area contributed by atoms with Gasteiger partial charge in [0.05, 0.1) is 11.8 Å². The van der Waals surface area contributed by atoms with Gasteiger partial charge >= 0.3 is 0 Å². The number of nitrogens with two attached hydrogens (primary N) is 1. The van der Waals surface area contributed by atoms with Gasteiger partial charge in [0.25, 0.3) is 0 Å². The van der Waals surface area contributed by atoms with Crippen LogP contribution in [0.4, 0.5) is 0 Å². The number of hydrogen-bond donors (Lipinski definition) is 2. The van der Waals surface area contributed by atoms with Crippen LogP contribution in [0.1, 0.15) is 0 Å². The maximum Gasteiger partial charge on any atom is 0.231 e. The summed E-state index contributed by atoms with van der Waals surface area (Å²) in [5, 5.41) is 3.80. The van der Waals surface area contributed by atoms with E-state index < -0.39 is 0 Å². The molecule has 0 spiro atoms. The van der Waals surface area contributed by atoms with Crippen LogP contribution in [0.5, 0.6) is 0 Å². The van der Waals surface area contributed by atoms with Crippen molar-refractivity contribution in [1.29, 1.82) is 0 Å². The lowest BCUT2D eigenvalue weighted by atomic mass is 10.00. The van der Waals surface area contributed by atoms with Crippen molar-refractivity contribution in [2.75, 3.05) is 13.1 Å². The van der Waals surface area contributed by atoms with Crippen molar-refractivity contribution in [1.82, 2.24) is 10.3 Å². The number of nitrogens with zero attached hydrogens (tertiary/aromatic N) is 1. The van der Waals surface area contributed by atoms with Crippen LogP contribution in [0.15, 0.2) is 0 Å². The second kappa shape index (κ2) is 2.02. The lowest BCUT2D eigenvalue weighted by molar-refractivity contribution is -0.126. The largest absolute Gasteiger partial charge is 0.296 e. The van der Waals surface area contributed by atoms with E-state index in [1.54, 1.807) is 0 Å². The summed E-state index contributed by atoms with van der Waals surface area (Å²) in [7, 11) is 0. The van der Waals surface area contributed by atoms with Crippen LogP contribution < -0.4 is 11.2 Å². The second-order valence-corrected chi connectivity index (χ2v) is 3.02. The van der Waals surface area contributed by atoms with Gasteiger partial charge in [-0.15, -0.1) is 0 Å². The van der Waals surface area contributed by atoms with Gasteiger partial charge in [0.2, 0.25) is 11.8 Å². The van der Waals surface area contributed by atoms with Crippen molar-refractivity contribution < 1.29 is 9.59 Å². The van der Waals surface area contributed by atoms with E-state index in [0.29, 0.717) is 13.1 Å². The first kappa shape index (κ1) is 6.75. The Morgan fingerprint density at radius 3 is 2.18 bits per heavy atom. The first-order valence-electron chi connectivity index (χ1n) is 3.53. The minimum Gasteiger partial charge on any atom is -0.296 e. The van der Waals surface area contributed by atoms with Crippen LogP contribution in [0.2, 0.25) is 0 Å². The Bertz CT molecular complexity index is 206. The molecule has 2 amide bonds. The smallest absolute Gasteiger partial charge is 0.231 e. The molecule has 2 rings (SSSR count). The normalized spacial score (nSPS) is 37.5. The van der Waals surface area contributed by atoms with Gasteiger partial charge < -0.3 is 0 Å². The number of imide groups is 1. The summed E-state index contributed by atoms with van der Waals surface area (Å²) in [6.07, 6.45) is 0. The summed E-state index contributed by atoms with van der Waals surface area (Å²) >= 11 is 0. The molecule has 0 unspecified atom stereocenters. The molecule has 60 valence electrons. The van der Waals surface area contributed by atoms with E-state index in [4.69, 9.17) is 5.84 Å². The molecule has 2 fully saturated rings. The molecule has 0 aromatic carbocycles. The molecule has 0 bridgehead atoms. The highest BCUT2D eigenvalue weighted by Crippen LogP contribution is 2.25. The van der Waals surface area contributed by atoms with Gasteiger partial charge in [-0.25, -0.2) is 5.01 Å². The molecular weight excluding hydrogens is 146 g/mol. The minimum atomic E-state index is -0.201. The van der Waals surface area contributed by atoms with E-state index >= 15 is 0 Å². The van der Waals surface area contributed by atoms with Crippen molar-refractivity contribution in [3.63, 3.8) is 0 Å². The van der Waals surface area contributed by atoms with E-state index in [0.717, 1.165) is 0 Å². The summed E-state index contributed by atoms with van der Waals surface area (Å²) < 4.78 is 0. The number of carbonyl (C=O) groups excluding carboxylic acids is 2. The van der Waals surface area contributed by atoms with E-state index in [-0.39, 0.29) is 23.7 Å². The van der Waals surface area contributed by atoms with Crippen molar-refractivity contribution in [2.24, 2.45) is 17.7 Å². The lowest BCUT2D eigenvalue weighted by Crippen LogP contribution is -2.35. The Balaban J connectivity index is 2.23. The highest BCUT2D eigenvalue weighted by Gasteiger charge is 2.46. The fourth-order valence-corrected chi connectivity index (χ4v) is 1.67. The SMILES string of the molecule is NN1C[C@@H]2C(=O)NC(=O)[C@@H]2C1. The quantitative estimate of drug-likeness (QED) is 0.315. The number of amides is 2. The third kappa shape index (κ3) is 0.849. The third-order valence-electron chi connectivity index (χ3n) is 2.27. The first-order valence-corrected chi connectivity index (χ1v) is 3.53. The molecule has 2 heterocycles. The van der Waals surface area contributed by atoms with Crippen LogP contribution >= 0.6 is 0 Å². The van der Waals surface area contributed by atoms with Crippen LogP contribution in [0, 0.1) is 11.8 Å². The van der Waals surface area contributed by atoms with Crippen molar-refractivity contribution in [3.8, 4) is 0 Å². The molecule has 2 saturated heterocycles. The zero-order valence-corrected chi connectivity index (χ0v) is 5.91. The highest BCUT2D eigenvalue weighted by atomic mass is 16.2. The summed E-state index contributed by atoms with van der Waals surface area (Å²) in [6, 6.07) is 0. The van der Waals surface area contributed by atoms with Gasteiger partial charge in [0, 0.05) is 13.1 Å². The van der Waals surface area contributed by atoms with Gasteiger partial charge in [0.15, 0.2) is 0 Å². The Morgan fingerprint density at radius 1 is 1.27 bits per heavy atom. The number of hydrazine groups is 1. The molecule has 3 N–H and O–H groups in total. The Kier molecular flexibility index (Phi) is 1.24. The molecular formula is C6H9N3O2. The van der Waals surface area contributed by atoms with Gasteiger partial charge in [-0.2, -0.15) is 0 Å². The standard InChI is InChI=1S/C6H9N3O2/c7-9-1-3-4(2-9)6(11)8-5(3)10/h3-4H,1-2,7H2,(H,8,10,11)/t3-,4+. The molecule has 2 aliphatic heterocycles. The van der Waals surface area contributed by atoms with Crippen molar-refractivity contribution >= 4 is 11.8 Å². The Hall–Kier alpha value is -0.940. The van der Waals surface area contributed by atoms with Gasteiger partial charge in [0.1, 0.15) is 0 Å². The predicted molar refractivity (Wildman–Crippen MR) is 35.9 cm³/mol. The van der Waals surface area contributed by atoms with Crippen molar-refractivity contribution in [2.45, 2.75) is 0 Å². The van der Waals surface area contributed by atoms with Crippen LogP contribution in [-0.4, -0.2) is 29.9 Å². The van der Waals surface area contributed by atoms with Gasteiger partial charge in [-0.3, -0.25) is 20.7 Å². The summed E-state index contributed by atoms with van der Waals surface area (Å²) in [5.74, 6) is 4.70. The monoisotopic (exact) mass is 155 g/mol. The van der Waals surface area contributed by atoms with E-state index in [1.165, 1.54) is 5.01 Å². The molecule has 0 radical (unpaired) electrons. The zero-order valence-electron chi connectivity index (χ0n) is 5.91. The third-order valence-corrected chi connectivity index (χ3v) is 2.27. The zero-order chi connectivity index (χ0) is 8.01. The molecule has 2 aliphatic rings. The first-order chi connectivity index (χ1) is 5.18. The van der Waals surface area contributed by atoms with Gasteiger partial charge in [-0.05, 0) is 0 Å². The molecule has 5 nitrogen and oxygen atoms in total. The summed E-state index contributed by atoms with van der Waals surface area (Å²) in [6.45, 7) is 1.00. The topological polar surface area (TPSA) is 75.4 Å². The fraction of sp³-hybridized carbons (Fsp3) is 0.667. The average Bonchev–Trinajstić information content (AvgIpc) is 2.38. The Labute approximate surface area is 63.5 Å². The van der Waals surface area contributed by atoms with Crippen LogP contribution in [0.25, 0.3) is 0 Å². The minimum absolute atomic E-state index is 0.173. The Morgan fingerprint density at radius 2 is 1.73 bits per heavy atom. The summed E-state index contributed by atoms with van der Waals surface area (Å²) in [4.78, 5) is 22.0. The van der Waals surface area contributed by atoms with E-state index in [9.17, 15) is 9.59 Å². The summed E-state index contributed by atoms with van der Waals surface area (Å²) in [5.41, 5.74) is 0. The molecule has 11 heavy (non-hydrogen) atoms. The molecule has 0 saturated carbocycles. The van der Waals surface area contributed by atoms with Crippen molar-refractivity contribution in [3.05, 3.63) is 0 Å². The molecule has 0 aromatic heterocycles. The lowest BCUT2D eigenvalue weighted by Gasteiger charge is -2.06. The number of fused-ring (bicyclic) bond motifs is 1. The fourth-order valence-electron chi connectivity index (χ4n) is 1.67.